The van der Waals surface area contributed by atoms with Crippen LogP contribution in [0.5, 0.6) is 0 Å². The van der Waals surface area contributed by atoms with Crippen LogP contribution in [0, 0.1) is 6.92 Å². The predicted molar refractivity (Wildman–Crippen MR) is 72.4 cm³/mol. The lowest BCUT2D eigenvalue weighted by Crippen LogP contribution is -2.24. The summed E-state index contributed by atoms with van der Waals surface area (Å²) < 4.78 is 5.15. The van der Waals surface area contributed by atoms with Gasteiger partial charge in [0.25, 0.3) is 0 Å². The van der Waals surface area contributed by atoms with Gasteiger partial charge < -0.3 is 9.73 Å². The highest BCUT2D eigenvalue weighted by Gasteiger charge is 2.14. The second-order valence-corrected chi connectivity index (χ2v) is 4.57. The highest BCUT2D eigenvalue weighted by Crippen LogP contribution is 2.21. The van der Waals surface area contributed by atoms with Crippen LogP contribution in [-0.2, 0) is 6.42 Å². The number of hydrogen-bond acceptors (Lipinski definition) is 3. The van der Waals surface area contributed by atoms with E-state index in [0.717, 1.165) is 19.4 Å². The van der Waals surface area contributed by atoms with Gasteiger partial charge in [-0.2, -0.15) is 0 Å². The smallest absolute Gasteiger partial charge is 0.0935 e. The van der Waals surface area contributed by atoms with E-state index in [1.54, 1.807) is 6.26 Å². The second kappa shape index (κ2) is 6.36. The Labute approximate surface area is 108 Å². The molecule has 2 aromatic rings. The summed E-state index contributed by atoms with van der Waals surface area (Å²) in [5.41, 5.74) is 3.77. The van der Waals surface area contributed by atoms with E-state index in [4.69, 9.17) is 4.42 Å². The molecule has 0 fully saturated rings. The molecule has 96 valence electrons. The molecule has 0 aliphatic heterocycles. The molecule has 0 saturated heterocycles. The first-order valence-corrected chi connectivity index (χ1v) is 6.46. The van der Waals surface area contributed by atoms with Gasteiger partial charge in [-0.1, -0.05) is 6.92 Å². The van der Waals surface area contributed by atoms with Crippen molar-refractivity contribution in [3.8, 4) is 0 Å². The number of aryl methyl sites for hydroxylation is 1. The third-order valence-electron chi connectivity index (χ3n) is 3.10. The number of nitrogens with zero attached hydrogens (tertiary/aromatic N) is 1. The minimum absolute atomic E-state index is 0.325. The monoisotopic (exact) mass is 244 g/mol. The molecule has 18 heavy (non-hydrogen) atoms. The summed E-state index contributed by atoms with van der Waals surface area (Å²) in [6.07, 6.45) is 9.40. The lowest BCUT2D eigenvalue weighted by atomic mass is 9.98. The zero-order valence-electron chi connectivity index (χ0n) is 11.0. The van der Waals surface area contributed by atoms with Gasteiger partial charge in [0.15, 0.2) is 0 Å². The Bertz CT molecular complexity index is 465. The molecule has 0 aliphatic carbocycles. The molecule has 0 aromatic carbocycles. The molecule has 3 heteroatoms. The molecule has 0 radical (unpaired) electrons. The van der Waals surface area contributed by atoms with Crippen molar-refractivity contribution in [2.45, 2.75) is 32.7 Å². The first kappa shape index (κ1) is 12.8. The van der Waals surface area contributed by atoms with E-state index in [-0.39, 0.29) is 0 Å². The third kappa shape index (κ3) is 3.20. The van der Waals surface area contributed by atoms with Crippen LogP contribution in [0.1, 0.15) is 36.1 Å². The molecule has 0 amide bonds. The van der Waals surface area contributed by atoms with Crippen LogP contribution < -0.4 is 5.32 Å². The van der Waals surface area contributed by atoms with E-state index >= 15 is 0 Å². The zero-order chi connectivity index (χ0) is 12.8. The molecule has 3 nitrogen and oxygen atoms in total. The van der Waals surface area contributed by atoms with Crippen LogP contribution in [0.25, 0.3) is 0 Å². The maximum atomic E-state index is 5.15. The average Bonchev–Trinajstić information content (AvgIpc) is 2.88. The molecule has 1 N–H and O–H groups in total. The molecule has 2 rings (SSSR count). The first-order chi connectivity index (χ1) is 8.81. The largest absolute Gasteiger partial charge is 0.472 e. The van der Waals surface area contributed by atoms with Gasteiger partial charge in [0, 0.05) is 18.4 Å². The van der Waals surface area contributed by atoms with Crippen LogP contribution in [0.2, 0.25) is 0 Å². The quantitative estimate of drug-likeness (QED) is 0.847. The van der Waals surface area contributed by atoms with Gasteiger partial charge in [0.1, 0.15) is 0 Å². The highest BCUT2D eigenvalue weighted by atomic mass is 16.3. The van der Waals surface area contributed by atoms with Gasteiger partial charge in [-0.15, -0.1) is 0 Å². The Kier molecular flexibility index (Phi) is 4.53. The van der Waals surface area contributed by atoms with Gasteiger partial charge in [-0.3, -0.25) is 4.98 Å². The van der Waals surface area contributed by atoms with Crippen LogP contribution in [0.4, 0.5) is 0 Å². The maximum absolute atomic E-state index is 5.15. The molecule has 1 unspecified atom stereocenters. The summed E-state index contributed by atoms with van der Waals surface area (Å²) in [5, 5.41) is 3.60. The number of hydrogen-bond donors (Lipinski definition) is 1. The summed E-state index contributed by atoms with van der Waals surface area (Å²) in [7, 11) is 0. The van der Waals surface area contributed by atoms with Gasteiger partial charge in [0.2, 0.25) is 0 Å². The van der Waals surface area contributed by atoms with E-state index in [1.165, 1.54) is 16.7 Å². The molecular weight excluding hydrogens is 224 g/mol. The van der Waals surface area contributed by atoms with Gasteiger partial charge in [0.05, 0.1) is 12.5 Å². The van der Waals surface area contributed by atoms with E-state index in [1.807, 2.05) is 24.7 Å². The Morgan fingerprint density at radius 1 is 1.39 bits per heavy atom. The van der Waals surface area contributed by atoms with E-state index in [2.05, 4.69) is 30.2 Å². The second-order valence-electron chi connectivity index (χ2n) is 4.57. The van der Waals surface area contributed by atoms with Crippen molar-refractivity contribution in [2.24, 2.45) is 0 Å². The Morgan fingerprint density at radius 2 is 2.28 bits per heavy atom. The lowest BCUT2D eigenvalue weighted by molar-refractivity contribution is 0.518. The average molecular weight is 244 g/mol. The van der Waals surface area contributed by atoms with Gasteiger partial charge >= 0.3 is 0 Å². The normalized spacial score (nSPS) is 12.6. The van der Waals surface area contributed by atoms with Crippen LogP contribution in [0.15, 0.2) is 41.5 Å². The minimum atomic E-state index is 0.325. The van der Waals surface area contributed by atoms with Crippen molar-refractivity contribution in [3.05, 3.63) is 53.7 Å². The molecule has 0 saturated carbocycles. The standard InChI is InChI=1S/C15H20N2O/c1-3-6-17-15(9-13-5-8-18-11-13)14-4-7-16-10-12(14)2/h4-5,7-8,10-11,15,17H,3,6,9H2,1-2H3. The third-order valence-corrected chi connectivity index (χ3v) is 3.10. The Hall–Kier alpha value is -1.61. The van der Waals surface area contributed by atoms with Crippen molar-refractivity contribution in [3.63, 3.8) is 0 Å². The number of nitrogens with one attached hydrogen (secondary N) is 1. The summed E-state index contributed by atoms with van der Waals surface area (Å²) in [6, 6.07) is 4.45. The van der Waals surface area contributed by atoms with E-state index in [9.17, 15) is 0 Å². The zero-order valence-corrected chi connectivity index (χ0v) is 11.0. The molecule has 2 heterocycles. The molecular formula is C15H20N2O. The maximum Gasteiger partial charge on any atom is 0.0935 e. The molecule has 0 spiro atoms. The van der Waals surface area contributed by atoms with Crippen molar-refractivity contribution in [1.82, 2.24) is 10.3 Å². The lowest BCUT2D eigenvalue weighted by Gasteiger charge is -2.20. The topological polar surface area (TPSA) is 38.1 Å². The fourth-order valence-electron chi connectivity index (χ4n) is 2.13. The number of rotatable bonds is 6. The van der Waals surface area contributed by atoms with Crippen molar-refractivity contribution >= 4 is 0 Å². The molecule has 1 atom stereocenters. The summed E-state index contributed by atoms with van der Waals surface area (Å²) in [5.74, 6) is 0. The SMILES string of the molecule is CCCNC(Cc1ccoc1)c1ccncc1C. The number of furan rings is 1. The Morgan fingerprint density at radius 3 is 2.94 bits per heavy atom. The van der Waals surface area contributed by atoms with Crippen molar-refractivity contribution in [2.75, 3.05) is 6.54 Å². The molecule has 0 bridgehead atoms. The predicted octanol–water partition coefficient (Wildman–Crippen LogP) is 3.27. The van der Waals surface area contributed by atoms with E-state index < -0.39 is 0 Å². The van der Waals surface area contributed by atoms with Crippen LogP contribution in [-0.4, -0.2) is 11.5 Å². The van der Waals surface area contributed by atoms with Crippen LogP contribution >= 0.6 is 0 Å². The number of aromatic nitrogens is 1. The minimum Gasteiger partial charge on any atom is -0.472 e. The fourth-order valence-corrected chi connectivity index (χ4v) is 2.13. The first-order valence-electron chi connectivity index (χ1n) is 6.46. The molecule has 0 aliphatic rings. The van der Waals surface area contributed by atoms with Gasteiger partial charge in [-0.25, -0.2) is 0 Å². The van der Waals surface area contributed by atoms with Crippen molar-refractivity contribution in [1.29, 1.82) is 0 Å². The van der Waals surface area contributed by atoms with Crippen LogP contribution in [0.3, 0.4) is 0 Å². The van der Waals surface area contributed by atoms with E-state index in [0.29, 0.717) is 6.04 Å². The highest BCUT2D eigenvalue weighted by molar-refractivity contribution is 5.27. The summed E-state index contributed by atoms with van der Waals surface area (Å²) in [6.45, 7) is 5.31. The number of pyridine rings is 1. The van der Waals surface area contributed by atoms with Crippen molar-refractivity contribution < 1.29 is 4.42 Å². The molecule has 2 aromatic heterocycles. The van der Waals surface area contributed by atoms with Gasteiger partial charge in [-0.05, 0) is 55.1 Å². The summed E-state index contributed by atoms with van der Waals surface area (Å²) in [4.78, 5) is 4.16. The fraction of sp³-hybridized carbons (Fsp3) is 0.400. The Balaban J connectivity index is 2.16. The summed E-state index contributed by atoms with van der Waals surface area (Å²) >= 11 is 0.